The van der Waals surface area contributed by atoms with Gasteiger partial charge in [-0.2, -0.15) is 0 Å². The summed E-state index contributed by atoms with van der Waals surface area (Å²) in [6.45, 7) is 1.83. The number of nitrogens with one attached hydrogen (secondary N) is 1. The smallest absolute Gasteiger partial charge is 0.255 e. The average Bonchev–Trinajstić information content (AvgIpc) is 2.34. The van der Waals surface area contributed by atoms with Gasteiger partial charge in [0.05, 0.1) is 0 Å². The Morgan fingerprint density at radius 3 is 2.61 bits per heavy atom. The third-order valence-electron chi connectivity index (χ3n) is 2.60. The lowest BCUT2D eigenvalue weighted by Crippen LogP contribution is -2.13. The number of phenolic OH excluding ortho intramolecular Hbond substituents is 1. The van der Waals surface area contributed by atoms with Gasteiger partial charge in [0.2, 0.25) is 0 Å². The Labute approximate surface area is 104 Å². The van der Waals surface area contributed by atoms with Gasteiger partial charge in [0.25, 0.3) is 5.91 Å². The van der Waals surface area contributed by atoms with E-state index in [0.29, 0.717) is 11.3 Å². The molecule has 0 aliphatic heterocycles. The Balaban J connectivity index is 2.22. The molecule has 0 heterocycles. The van der Waals surface area contributed by atoms with Crippen LogP contribution in [-0.4, -0.2) is 11.0 Å². The van der Waals surface area contributed by atoms with Crippen molar-refractivity contribution in [2.75, 3.05) is 5.32 Å². The first-order valence-electron chi connectivity index (χ1n) is 5.43. The Morgan fingerprint density at radius 2 is 1.94 bits per heavy atom. The molecule has 0 atom stereocenters. The van der Waals surface area contributed by atoms with Gasteiger partial charge in [-0.3, -0.25) is 4.79 Å². The number of aromatic hydroxyl groups is 1. The standard InChI is InChI=1S/C14H12FNO2/c1-9-4-2-3-5-11(9)14(18)16-10-6-7-13(17)12(15)8-10/h2-8,17H,1H3,(H,16,18). The third-order valence-corrected chi connectivity index (χ3v) is 2.60. The van der Waals surface area contributed by atoms with Gasteiger partial charge in [-0.25, -0.2) is 4.39 Å². The van der Waals surface area contributed by atoms with Crippen molar-refractivity contribution in [1.29, 1.82) is 0 Å². The van der Waals surface area contributed by atoms with E-state index >= 15 is 0 Å². The number of hydrogen-bond donors (Lipinski definition) is 2. The highest BCUT2D eigenvalue weighted by molar-refractivity contribution is 6.05. The molecule has 3 nitrogen and oxygen atoms in total. The fourth-order valence-electron chi connectivity index (χ4n) is 1.61. The highest BCUT2D eigenvalue weighted by Crippen LogP contribution is 2.20. The number of phenols is 1. The van der Waals surface area contributed by atoms with Crippen LogP contribution < -0.4 is 5.32 Å². The van der Waals surface area contributed by atoms with E-state index in [4.69, 9.17) is 5.11 Å². The summed E-state index contributed by atoms with van der Waals surface area (Å²) in [5, 5.41) is 11.6. The molecule has 0 aliphatic carbocycles. The highest BCUT2D eigenvalue weighted by atomic mass is 19.1. The van der Waals surface area contributed by atoms with Gasteiger partial charge in [-0.05, 0) is 30.7 Å². The van der Waals surface area contributed by atoms with E-state index < -0.39 is 11.6 Å². The van der Waals surface area contributed by atoms with Crippen LogP contribution >= 0.6 is 0 Å². The molecule has 18 heavy (non-hydrogen) atoms. The molecule has 4 heteroatoms. The predicted octanol–water partition coefficient (Wildman–Crippen LogP) is 3.09. The number of aryl methyl sites for hydroxylation is 1. The number of hydrogen-bond acceptors (Lipinski definition) is 2. The van der Waals surface area contributed by atoms with Crippen molar-refractivity contribution in [2.45, 2.75) is 6.92 Å². The van der Waals surface area contributed by atoms with Crippen molar-refractivity contribution in [3.8, 4) is 5.75 Å². The fraction of sp³-hybridized carbons (Fsp3) is 0.0714. The summed E-state index contributed by atoms with van der Waals surface area (Å²) in [6, 6.07) is 10.8. The van der Waals surface area contributed by atoms with Crippen LogP contribution in [-0.2, 0) is 0 Å². The lowest BCUT2D eigenvalue weighted by Gasteiger charge is -2.07. The van der Waals surface area contributed by atoms with Gasteiger partial charge in [0.1, 0.15) is 0 Å². The van der Waals surface area contributed by atoms with Gasteiger partial charge in [-0.1, -0.05) is 18.2 Å². The van der Waals surface area contributed by atoms with Crippen LogP contribution in [0.1, 0.15) is 15.9 Å². The molecule has 2 rings (SSSR count). The van der Waals surface area contributed by atoms with Crippen LogP contribution in [0.3, 0.4) is 0 Å². The maximum atomic E-state index is 13.1. The predicted molar refractivity (Wildman–Crippen MR) is 67.2 cm³/mol. The Morgan fingerprint density at radius 1 is 1.22 bits per heavy atom. The van der Waals surface area contributed by atoms with E-state index in [1.165, 1.54) is 12.1 Å². The molecule has 2 aromatic carbocycles. The zero-order valence-electron chi connectivity index (χ0n) is 9.77. The number of anilines is 1. The minimum atomic E-state index is -0.766. The van der Waals surface area contributed by atoms with E-state index in [1.807, 2.05) is 19.1 Å². The van der Waals surface area contributed by atoms with Gasteiger partial charge >= 0.3 is 0 Å². The van der Waals surface area contributed by atoms with Crippen molar-refractivity contribution in [1.82, 2.24) is 0 Å². The lowest BCUT2D eigenvalue weighted by atomic mass is 10.1. The zero-order valence-corrected chi connectivity index (χ0v) is 9.77. The van der Waals surface area contributed by atoms with Crippen LogP contribution in [0.15, 0.2) is 42.5 Å². The average molecular weight is 245 g/mol. The summed E-state index contributed by atoms with van der Waals surface area (Å²) >= 11 is 0. The van der Waals surface area contributed by atoms with Crippen molar-refractivity contribution >= 4 is 11.6 Å². The first kappa shape index (κ1) is 12.1. The number of halogens is 1. The van der Waals surface area contributed by atoms with Crippen molar-refractivity contribution in [3.63, 3.8) is 0 Å². The summed E-state index contributed by atoms with van der Waals surface area (Å²) in [7, 11) is 0. The molecular formula is C14H12FNO2. The molecule has 0 aromatic heterocycles. The molecule has 0 bridgehead atoms. The molecule has 0 fully saturated rings. The largest absolute Gasteiger partial charge is 0.505 e. The number of carbonyl (C=O) groups is 1. The normalized spacial score (nSPS) is 10.1. The second-order valence-corrected chi connectivity index (χ2v) is 3.94. The van der Waals surface area contributed by atoms with Gasteiger partial charge in [-0.15, -0.1) is 0 Å². The minimum Gasteiger partial charge on any atom is -0.505 e. The van der Waals surface area contributed by atoms with E-state index in [1.54, 1.807) is 12.1 Å². The van der Waals surface area contributed by atoms with Gasteiger partial charge in [0, 0.05) is 17.3 Å². The van der Waals surface area contributed by atoms with Crippen molar-refractivity contribution in [3.05, 3.63) is 59.4 Å². The fourth-order valence-corrected chi connectivity index (χ4v) is 1.61. The second kappa shape index (κ2) is 4.87. The molecule has 1 amide bonds. The van der Waals surface area contributed by atoms with Crippen LogP contribution in [0.25, 0.3) is 0 Å². The van der Waals surface area contributed by atoms with Gasteiger partial charge < -0.3 is 10.4 Å². The quantitative estimate of drug-likeness (QED) is 0.799. The summed E-state index contributed by atoms with van der Waals surface area (Å²) in [5.41, 5.74) is 1.68. The minimum absolute atomic E-state index is 0.304. The summed E-state index contributed by atoms with van der Waals surface area (Å²) in [6.07, 6.45) is 0. The molecule has 0 aliphatic rings. The van der Waals surface area contributed by atoms with Crippen LogP contribution in [0.4, 0.5) is 10.1 Å². The van der Waals surface area contributed by atoms with E-state index in [9.17, 15) is 9.18 Å². The summed E-state index contributed by atoms with van der Waals surface area (Å²) in [4.78, 5) is 11.9. The highest BCUT2D eigenvalue weighted by Gasteiger charge is 2.09. The maximum absolute atomic E-state index is 13.1. The van der Waals surface area contributed by atoms with Crippen molar-refractivity contribution < 1.29 is 14.3 Å². The second-order valence-electron chi connectivity index (χ2n) is 3.94. The van der Waals surface area contributed by atoms with E-state index in [0.717, 1.165) is 11.6 Å². The third kappa shape index (κ3) is 2.48. The molecule has 2 N–H and O–H groups in total. The molecular weight excluding hydrogens is 233 g/mol. The first-order chi connectivity index (χ1) is 8.58. The van der Waals surface area contributed by atoms with Crippen LogP contribution in [0.2, 0.25) is 0 Å². The number of carbonyl (C=O) groups excluding carboxylic acids is 1. The Bertz CT molecular complexity index is 596. The Hall–Kier alpha value is -2.36. The molecule has 92 valence electrons. The van der Waals surface area contributed by atoms with E-state index in [-0.39, 0.29) is 5.91 Å². The molecule has 0 spiro atoms. The molecule has 0 saturated heterocycles. The van der Waals surface area contributed by atoms with E-state index in [2.05, 4.69) is 5.32 Å². The number of amides is 1. The van der Waals surface area contributed by atoms with Crippen LogP contribution in [0, 0.1) is 12.7 Å². The van der Waals surface area contributed by atoms with Gasteiger partial charge in [0.15, 0.2) is 11.6 Å². The first-order valence-corrected chi connectivity index (χ1v) is 5.43. The SMILES string of the molecule is Cc1ccccc1C(=O)Nc1ccc(O)c(F)c1. The monoisotopic (exact) mass is 245 g/mol. The number of benzene rings is 2. The van der Waals surface area contributed by atoms with Crippen molar-refractivity contribution in [2.24, 2.45) is 0 Å². The molecule has 2 aromatic rings. The topological polar surface area (TPSA) is 49.3 Å². The Kier molecular flexibility index (Phi) is 3.28. The molecule has 0 unspecified atom stereocenters. The molecule has 0 saturated carbocycles. The maximum Gasteiger partial charge on any atom is 0.255 e. The summed E-state index contributed by atoms with van der Waals surface area (Å²) < 4.78 is 13.1. The number of rotatable bonds is 2. The lowest BCUT2D eigenvalue weighted by molar-refractivity contribution is 0.102. The summed E-state index contributed by atoms with van der Waals surface area (Å²) in [5.74, 6) is -1.51. The van der Waals surface area contributed by atoms with Crippen LogP contribution in [0.5, 0.6) is 5.75 Å². The molecule has 0 radical (unpaired) electrons. The zero-order chi connectivity index (χ0) is 13.1.